The summed E-state index contributed by atoms with van der Waals surface area (Å²) in [6.07, 6.45) is 5.20. The molecule has 2 fully saturated rings. The van der Waals surface area contributed by atoms with Crippen molar-refractivity contribution in [2.45, 2.75) is 64.7 Å². The standard InChI is InChI=1S/C17H34N2S/c1-5-15-12-19(8-9-20-15)11-13-10-14(17(2,3)4)6-7-16(13)18/h13-16H,5-12,18H2,1-4H3. The van der Waals surface area contributed by atoms with Crippen LogP contribution in [0.1, 0.15) is 53.4 Å². The lowest BCUT2D eigenvalue weighted by Crippen LogP contribution is -2.48. The fourth-order valence-corrected chi connectivity index (χ4v) is 5.06. The molecule has 3 heteroatoms. The molecule has 2 aliphatic rings. The number of rotatable bonds is 3. The smallest absolute Gasteiger partial charge is 0.0172 e. The number of nitrogens with zero attached hydrogens (tertiary/aromatic N) is 1. The minimum Gasteiger partial charge on any atom is -0.327 e. The van der Waals surface area contributed by atoms with Gasteiger partial charge in [0.05, 0.1) is 0 Å². The lowest BCUT2D eigenvalue weighted by atomic mass is 9.67. The molecule has 1 heterocycles. The molecule has 4 atom stereocenters. The summed E-state index contributed by atoms with van der Waals surface area (Å²) in [5, 5.41) is 0.849. The molecule has 20 heavy (non-hydrogen) atoms. The van der Waals surface area contributed by atoms with Crippen LogP contribution in [0.25, 0.3) is 0 Å². The Labute approximate surface area is 130 Å². The zero-order valence-corrected chi connectivity index (χ0v) is 14.7. The van der Waals surface area contributed by atoms with Gasteiger partial charge in [-0.05, 0) is 42.9 Å². The normalized spacial score (nSPS) is 37.0. The number of thioether (sulfide) groups is 1. The maximum Gasteiger partial charge on any atom is 0.0172 e. The van der Waals surface area contributed by atoms with Crippen LogP contribution in [0.15, 0.2) is 0 Å². The molecule has 2 N–H and O–H groups in total. The Morgan fingerprint density at radius 3 is 2.65 bits per heavy atom. The first-order chi connectivity index (χ1) is 9.40. The van der Waals surface area contributed by atoms with E-state index in [0.717, 1.165) is 11.2 Å². The molecule has 0 aromatic rings. The Hall–Kier alpha value is 0.270. The Morgan fingerprint density at radius 1 is 1.25 bits per heavy atom. The van der Waals surface area contributed by atoms with E-state index in [1.54, 1.807) is 0 Å². The van der Waals surface area contributed by atoms with Crippen molar-refractivity contribution in [3.8, 4) is 0 Å². The van der Waals surface area contributed by atoms with Gasteiger partial charge in [-0.25, -0.2) is 0 Å². The molecule has 0 radical (unpaired) electrons. The van der Waals surface area contributed by atoms with Crippen LogP contribution in [0.3, 0.4) is 0 Å². The van der Waals surface area contributed by atoms with Crippen LogP contribution in [0, 0.1) is 17.3 Å². The van der Waals surface area contributed by atoms with Gasteiger partial charge in [0.25, 0.3) is 0 Å². The molecule has 0 aromatic carbocycles. The average Bonchev–Trinajstić information content (AvgIpc) is 2.40. The first-order valence-corrected chi connectivity index (χ1v) is 9.54. The van der Waals surface area contributed by atoms with E-state index in [1.807, 2.05) is 0 Å². The Balaban J connectivity index is 1.89. The molecule has 2 rings (SSSR count). The minimum atomic E-state index is 0.434. The van der Waals surface area contributed by atoms with E-state index in [9.17, 15) is 0 Å². The van der Waals surface area contributed by atoms with E-state index in [2.05, 4.69) is 44.4 Å². The van der Waals surface area contributed by atoms with E-state index in [-0.39, 0.29) is 0 Å². The van der Waals surface area contributed by atoms with Crippen molar-refractivity contribution in [1.82, 2.24) is 4.90 Å². The highest BCUT2D eigenvalue weighted by atomic mass is 32.2. The fourth-order valence-electron chi connectivity index (χ4n) is 3.81. The first kappa shape index (κ1) is 16.6. The molecule has 0 amide bonds. The average molecular weight is 299 g/mol. The number of hydrogen-bond acceptors (Lipinski definition) is 3. The third-order valence-electron chi connectivity index (χ3n) is 5.44. The van der Waals surface area contributed by atoms with Crippen molar-refractivity contribution in [2.24, 2.45) is 23.0 Å². The van der Waals surface area contributed by atoms with Crippen LogP contribution in [0.2, 0.25) is 0 Å². The predicted octanol–water partition coefficient (Wildman–Crippen LogP) is 3.60. The summed E-state index contributed by atoms with van der Waals surface area (Å²) in [6.45, 7) is 13.3. The zero-order valence-electron chi connectivity index (χ0n) is 13.9. The summed E-state index contributed by atoms with van der Waals surface area (Å²) in [4.78, 5) is 2.69. The summed E-state index contributed by atoms with van der Waals surface area (Å²) in [5.41, 5.74) is 6.88. The summed E-state index contributed by atoms with van der Waals surface area (Å²) < 4.78 is 0. The van der Waals surface area contributed by atoms with Crippen molar-refractivity contribution in [3.63, 3.8) is 0 Å². The highest BCUT2D eigenvalue weighted by molar-refractivity contribution is 8.00. The number of hydrogen-bond donors (Lipinski definition) is 1. The fraction of sp³-hybridized carbons (Fsp3) is 1.00. The van der Waals surface area contributed by atoms with E-state index in [4.69, 9.17) is 5.73 Å². The SMILES string of the molecule is CCC1CN(CC2CC(C(C)(C)C)CCC2N)CCS1. The van der Waals surface area contributed by atoms with E-state index in [0.29, 0.717) is 17.4 Å². The van der Waals surface area contributed by atoms with Gasteiger partial charge in [0, 0.05) is 36.7 Å². The third kappa shape index (κ3) is 4.38. The molecular formula is C17H34N2S. The third-order valence-corrected chi connectivity index (χ3v) is 6.81. The quantitative estimate of drug-likeness (QED) is 0.863. The van der Waals surface area contributed by atoms with Crippen molar-refractivity contribution in [1.29, 1.82) is 0 Å². The molecule has 0 spiro atoms. The molecule has 118 valence electrons. The molecule has 2 nitrogen and oxygen atoms in total. The second-order valence-electron chi connectivity index (χ2n) is 7.96. The molecule has 0 bridgehead atoms. The topological polar surface area (TPSA) is 29.3 Å². The minimum absolute atomic E-state index is 0.434. The Bertz CT molecular complexity index is 300. The van der Waals surface area contributed by atoms with Gasteiger partial charge < -0.3 is 10.6 Å². The van der Waals surface area contributed by atoms with Crippen molar-refractivity contribution >= 4 is 11.8 Å². The summed E-state index contributed by atoms with van der Waals surface area (Å²) >= 11 is 2.16. The van der Waals surface area contributed by atoms with Crippen molar-refractivity contribution < 1.29 is 0 Å². The van der Waals surface area contributed by atoms with Gasteiger partial charge in [-0.3, -0.25) is 0 Å². The predicted molar refractivity (Wildman–Crippen MR) is 91.2 cm³/mol. The molecule has 4 unspecified atom stereocenters. The lowest BCUT2D eigenvalue weighted by Gasteiger charge is -2.43. The van der Waals surface area contributed by atoms with Gasteiger partial charge in [0.15, 0.2) is 0 Å². The molecule has 1 saturated carbocycles. The van der Waals surface area contributed by atoms with Crippen LogP contribution in [-0.2, 0) is 0 Å². The van der Waals surface area contributed by atoms with Gasteiger partial charge in [-0.2, -0.15) is 11.8 Å². The summed E-state index contributed by atoms with van der Waals surface area (Å²) in [6, 6.07) is 0.434. The summed E-state index contributed by atoms with van der Waals surface area (Å²) in [5.74, 6) is 2.88. The van der Waals surface area contributed by atoms with Gasteiger partial charge in [0.2, 0.25) is 0 Å². The van der Waals surface area contributed by atoms with Crippen molar-refractivity contribution in [3.05, 3.63) is 0 Å². The first-order valence-electron chi connectivity index (χ1n) is 8.49. The highest BCUT2D eigenvalue weighted by Gasteiger charge is 2.35. The van der Waals surface area contributed by atoms with E-state index < -0.39 is 0 Å². The second kappa shape index (κ2) is 7.02. The zero-order chi connectivity index (χ0) is 14.8. The maximum absolute atomic E-state index is 6.44. The van der Waals surface area contributed by atoms with Crippen LogP contribution in [0.4, 0.5) is 0 Å². The van der Waals surface area contributed by atoms with E-state index in [1.165, 1.54) is 51.1 Å². The largest absolute Gasteiger partial charge is 0.327 e. The molecule has 0 aromatic heterocycles. The Morgan fingerprint density at radius 2 is 2.00 bits per heavy atom. The van der Waals surface area contributed by atoms with Crippen molar-refractivity contribution in [2.75, 3.05) is 25.4 Å². The molecular weight excluding hydrogens is 264 g/mol. The maximum atomic E-state index is 6.44. The summed E-state index contributed by atoms with van der Waals surface area (Å²) in [7, 11) is 0. The molecule has 1 aliphatic carbocycles. The van der Waals surface area contributed by atoms with Crippen LogP contribution in [-0.4, -0.2) is 41.6 Å². The van der Waals surface area contributed by atoms with Gasteiger partial charge in [-0.1, -0.05) is 27.7 Å². The van der Waals surface area contributed by atoms with Crippen LogP contribution < -0.4 is 5.73 Å². The second-order valence-corrected chi connectivity index (χ2v) is 9.37. The highest BCUT2D eigenvalue weighted by Crippen LogP contribution is 2.40. The van der Waals surface area contributed by atoms with Gasteiger partial charge >= 0.3 is 0 Å². The van der Waals surface area contributed by atoms with Crippen LogP contribution in [0.5, 0.6) is 0 Å². The molecule has 1 aliphatic heterocycles. The molecule has 1 saturated heterocycles. The van der Waals surface area contributed by atoms with Gasteiger partial charge in [-0.15, -0.1) is 0 Å². The number of nitrogens with two attached hydrogens (primary N) is 1. The Kier molecular flexibility index (Phi) is 5.84. The monoisotopic (exact) mass is 298 g/mol. The van der Waals surface area contributed by atoms with E-state index >= 15 is 0 Å². The van der Waals surface area contributed by atoms with Gasteiger partial charge in [0.1, 0.15) is 0 Å². The van der Waals surface area contributed by atoms with Crippen LogP contribution >= 0.6 is 11.8 Å². The lowest BCUT2D eigenvalue weighted by molar-refractivity contribution is 0.0998.